The van der Waals surface area contributed by atoms with E-state index < -0.39 is 0 Å². The van der Waals surface area contributed by atoms with Gasteiger partial charge in [0.2, 0.25) is 0 Å². The zero-order chi connectivity index (χ0) is 19.7. The van der Waals surface area contributed by atoms with E-state index in [1.807, 2.05) is 0 Å². The van der Waals surface area contributed by atoms with Gasteiger partial charge in [-0.15, -0.1) is 0 Å². The molecule has 0 amide bonds. The van der Waals surface area contributed by atoms with E-state index in [4.69, 9.17) is 4.74 Å². The van der Waals surface area contributed by atoms with E-state index in [1.165, 1.54) is 96.3 Å². The van der Waals surface area contributed by atoms with Crippen LogP contribution in [0.2, 0.25) is 0 Å². The average Bonchev–Trinajstić information content (AvgIpc) is 2.68. The third-order valence-corrected chi connectivity index (χ3v) is 6.78. The summed E-state index contributed by atoms with van der Waals surface area (Å²) in [6.07, 6.45) is 21.2. The Balaban J connectivity index is 5.27. The Labute approximate surface area is 167 Å². The lowest BCUT2D eigenvalue weighted by atomic mass is 9.61. The van der Waals surface area contributed by atoms with Gasteiger partial charge in [-0.2, -0.15) is 0 Å². The molecule has 0 atom stereocenters. The quantitative estimate of drug-likeness (QED) is 0.206. The fourth-order valence-electron chi connectivity index (χ4n) is 4.89. The molecule has 0 bridgehead atoms. The minimum Gasteiger partial charge on any atom is -0.374 e. The number of hydrogen-bond donors (Lipinski definition) is 0. The molecular weight excluding hydrogens is 316 g/mol. The normalized spacial score (nSPS) is 12.7. The topological polar surface area (TPSA) is 9.23 Å². The van der Waals surface area contributed by atoms with Crippen molar-refractivity contribution in [3.8, 4) is 0 Å². The molecule has 0 saturated heterocycles. The van der Waals surface area contributed by atoms with Gasteiger partial charge in [0.25, 0.3) is 0 Å². The molecule has 0 saturated carbocycles. The summed E-state index contributed by atoms with van der Waals surface area (Å²) >= 11 is 0. The summed E-state index contributed by atoms with van der Waals surface area (Å²) in [6, 6.07) is 0. The van der Waals surface area contributed by atoms with Gasteiger partial charge < -0.3 is 4.74 Å². The number of unbranched alkanes of at least 4 members (excludes halogenated alkanes) is 7. The smallest absolute Gasteiger partial charge is 0.0738 e. The maximum absolute atomic E-state index is 6.83. The Bertz CT molecular complexity index is 271. The Morgan fingerprint density at radius 1 is 0.500 bits per heavy atom. The molecule has 0 radical (unpaired) electrons. The van der Waals surface area contributed by atoms with Crippen molar-refractivity contribution < 1.29 is 4.74 Å². The van der Waals surface area contributed by atoms with Gasteiger partial charge >= 0.3 is 0 Å². The average molecular weight is 369 g/mol. The summed E-state index contributed by atoms with van der Waals surface area (Å²) in [5.41, 5.74) is 0.485. The monoisotopic (exact) mass is 368 g/mol. The van der Waals surface area contributed by atoms with Crippen molar-refractivity contribution in [3.05, 3.63) is 0 Å². The molecule has 158 valence electrons. The van der Waals surface area contributed by atoms with Crippen molar-refractivity contribution in [3.63, 3.8) is 0 Å². The van der Waals surface area contributed by atoms with Crippen molar-refractivity contribution in [1.82, 2.24) is 0 Å². The zero-order valence-corrected chi connectivity index (χ0v) is 19.4. The molecule has 0 aliphatic carbocycles. The molecule has 0 rings (SSSR count). The minimum atomic E-state index is 0.113. The van der Waals surface area contributed by atoms with Gasteiger partial charge in [0, 0.05) is 6.61 Å². The summed E-state index contributed by atoms with van der Waals surface area (Å²) < 4.78 is 6.83. The molecule has 1 nitrogen and oxygen atoms in total. The van der Waals surface area contributed by atoms with Gasteiger partial charge in [-0.3, -0.25) is 0 Å². The Hall–Kier alpha value is -0.0400. The molecule has 0 aromatic rings. The molecule has 0 heterocycles. The van der Waals surface area contributed by atoms with E-state index in [9.17, 15) is 0 Å². The molecule has 0 fully saturated rings. The highest BCUT2D eigenvalue weighted by atomic mass is 16.5. The highest BCUT2D eigenvalue weighted by Gasteiger charge is 2.48. The van der Waals surface area contributed by atoms with E-state index >= 15 is 0 Å². The van der Waals surface area contributed by atoms with Crippen LogP contribution in [0.15, 0.2) is 0 Å². The van der Waals surface area contributed by atoms with Crippen molar-refractivity contribution in [2.75, 3.05) is 6.61 Å². The Kier molecular flexibility index (Phi) is 15.9. The van der Waals surface area contributed by atoms with Crippen LogP contribution in [0.25, 0.3) is 0 Å². The summed E-state index contributed by atoms with van der Waals surface area (Å²) in [5.74, 6) is 0. The van der Waals surface area contributed by atoms with Crippen LogP contribution in [0, 0.1) is 5.41 Å². The van der Waals surface area contributed by atoms with Crippen LogP contribution in [-0.2, 0) is 4.74 Å². The summed E-state index contributed by atoms with van der Waals surface area (Å²) in [6.45, 7) is 15.0. The molecule has 0 unspecified atom stereocenters. The third-order valence-electron chi connectivity index (χ3n) is 6.78. The van der Waals surface area contributed by atoms with Gasteiger partial charge in [0.05, 0.1) is 5.60 Å². The van der Waals surface area contributed by atoms with Crippen LogP contribution >= 0.6 is 0 Å². The first-order chi connectivity index (χ1) is 12.6. The Morgan fingerprint density at radius 2 is 1.00 bits per heavy atom. The van der Waals surface area contributed by atoms with E-state index in [-0.39, 0.29) is 5.60 Å². The number of rotatable bonds is 19. The molecule has 26 heavy (non-hydrogen) atoms. The van der Waals surface area contributed by atoms with Crippen LogP contribution < -0.4 is 0 Å². The molecule has 0 aromatic carbocycles. The van der Waals surface area contributed by atoms with E-state index in [1.54, 1.807) is 0 Å². The van der Waals surface area contributed by atoms with Gasteiger partial charge in [-0.05, 0) is 43.9 Å². The highest BCUT2D eigenvalue weighted by molar-refractivity contribution is 4.99. The van der Waals surface area contributed by atoms with Gasteiger partial charge in [-0.25, -0.2) is 0 Å². The number of ether oxygens (including phenoxy) is 1. The lowest BCUT2D eigenvalue weighted by Gasteiger charge is -2.51. The summed E-state index contributed by atoms with van der Waals surface area (Å²) in [5, 5.41) is 0. The predicted molar refractivity (Wildman–Crippen MR) is 119 cm³/mol. The molecule has 0 aliphatic rings. The standard InChI is InChI=1S/C25H52O/c1-7-13-16-17-18-19-20-24(11-5,12-6)25(21-14-8-2,22-15-9-3)26-23-10-4/h7-23H2,1-6H3. The summed E-state index contributed by atoms with van der Waals surface area (Å²) in [4.78, 5) is 0. The van der Waals surface area contributed by atoms with Gasteiger partial charge in [0.15, 0.2) is 0 Å². The van der Waals surface area contributed by atoms with Crippen LogP contribution in [0.3, 0.4) is 0 Å². The predicted octanol–water partition coefficient (Wildman–Crippen LogP) is 9.09. The largest absolute Gasteiger partial charge is 0.374 e. The lowest BCUT2D eigenvalue weighted by molar-refractivity contribution is -0.157. The van der Waals surface area contributed by atoms with Crippen molar-refractivity contribution >= 4 is 0 Å². The number of hydrogen-bond acceptors (Lipinski definition) is 1. The molecule has 0 N–H and O–H groups in total. The van der Waals surface area contributed by atoms with Crippen LogP contribution in [0.5, 0.6) is 0 Å². The van der Waals surface area contributed by atoms with Crippen LogP contribution in [0.1, 0.15) is 144 Å². The van der Waals surface area contributed by atoms with Crippen molar-refractivity contribution in [2.24, 2.45) is 5.41 Å². The molecule has 0 aromatic heterocycles. The lowest BCUT2D eigenvalue weighted by Crippen LogP contribution is -2.50. The first-order valence-electron chi connectivity index (χ1n) is 12.3. The second-order valence-electron chi connectivity index (χ2n) is 8.56. The van der Waals surface area contributed by atoms with Crippen LogP contribution in [0.4, 0.5) is 0 Å². The molecule has 0 spiro atoms. The molecule has 0 aliphatic heterocycles. The maximum Gasteiger partial charge on any atom is 0.0738 e. The fraction of sp³-hybridized carbons (Fsp3) is 1.00. The maximum atomic E-state index is 6.83. The SMILES string of the molecule is CCCCCCCCC(CC)(CC)C(CCCC)(CCCC)OCCC. The zero-order valence-electron chi connectivity index (χ0n) is 19.4. The first-order valence-corrected chi connectivity index (χ1v) is 12.3. The van der Waals surface area contributed by atoms with Crippen molar-refractivity contribution in [2.45, 2.75) is 150 Å². The van der Waals surface area contributed by atoms with Gasteiger partial charge in [0.1, 0.15) is 0 Å². The van der Waals surface area contributed by atoms with Crippen molar-refractivity contribution in [1.29, 1.82) is 0 Å². The minimum absolute atomic E-state index is 0.113. The van der Waals surface area contributed by atoms with Gasteiger partial charge in [-0.1, -0.05) is 106 Å². The van der Waals surface area contributed by atoms with E-state index in [2.05, 4.69) is 41.5 Å². The second-order valence-corrected chi connectivity index (χ2v) is 8.56. The highest BCUT2D eigenvalue weighted by Crippen LogP contribution is 2.50. The molecule has 1 heteroatoms. The van der Waals surface area contributed by atoms with Crippen LogP contribution in [-0.4, -0.2) is 12.2 Å². The van der Waals surface area contributed by atoms with E-state index in [0.717, 1.165) is 13.0 Å². The second kappa shape index (κ2) is 16.0. The summed E-state index contributed by atoms with van der Waals surface area (Å²) in [7, 11) is 0. The molecular formula is C25H52O. The fourth-order valence-corrected chi connectivity index (χ4v) is 4.89. The van der Waals surface area contributed by atoms with E-state index in [0.29, 0.717) is 5.41 Å². The Morgan fingerprint density at radius 3 is 1.46 bits per heavy atom. The third kappa shape index (κ3) is 8.32. The first kappa shape index (κ1) is 26.0.